The van der Waals surface area contributed by atoms with Crippen molar-refractivity contribution in [3.8, 4) is 0 Å². The summed E-state index contributed by atoms with van der Waals surface area (Å²) in [5.41, 5.74) is 2.70. The van der Waals surface area contributed by atoms with Crippen molar-refractivity contribution < 1.29 is 0 Å². The molecule has 0 aliphatic heterocycles. The monoisotopic (exact) mass is 147 g/mol. The van der Waals surface area contributed by atoms with E-state index in [0.29, 0.717) is 0 Å². The average Bonchev–Trinajstić information content (AvgIpc) is 2.05. The number of hydrogen-bond donors (Lipinski definition) is 0. The third-order valence-electron chi connectivity index (χ3n) is 2.07. The zero-order chi connectivity index (χ0) is 8.27. The van der Waals surface area contributed by atoms with Gasteiger partial charge < -0.3 is 0 Å². The molecule has 0 saturated carbocycles. The SMILES string of the molecule is CC[C+](C)c1ccc(C)cc1. The first-order chi connectivity index (χ1) is 5.24. The molecule has 1 aromatic rings. The fourth-order valence-electron chi connectivity index (χ4n) is 1.04. The smallest absolute Gasteiger partial charge is 0.0498 e. The highest BCUT2D eigenvalue weighted by molar-refractivity contribution is 5.31. The van der Waals surface area contributed by atoms with Crippen LogP contribution in [0.15, 0.2) is 24.3 Å². The van der Waals surface area contributed by atoms with Gasteiger partial charge in [0.25, 0.3) is 0 Å². The lowest BCUT2D eigenvalue weighted by Gasteiger charge is -1.99. The maximum atomic E-state index is 2.19. The fraction of sp³-hybridized carbons (Fsp3) is 0.364. The summed E-state index contributed by atoms with van der Waals surface area (Å²) in [5.74, 6) is 1.46. The maximum absolute atomic E-state index is 2.19. The van der Waals surface area contributed by atoms with Crippen LogP contribution in [0.2, 0.25) is 0 Å². The van der Waals surface area contributed by atoms with E-state index in [2.05, 4.69) is 45.0 Å². The van der Waals surface area contributed by atoms with Gasteiger partial charge in [-0.1, -0.05) is 0 Å². The average molecular weight is 147 g/mol. The van der Waals surface area contributed by atoms with Gasteiger partial charge in [0.15, 0.2) is 0 Å². The van der Waals surface area contributed by atoms with E-state index in [9.17, 15) is 0 Å². The molecular weight excluding hydrogens is 132 g/mol. The van der Waals surface area contributed by atoms with Crippen molar-refractivity contribution in [2.45, 2.75) is 27.2 Å². The Bertz CT molecular complexity index is 208. The van der Waals surface area contributed by atoms with Crippen LogP contribution in [0.4, 0.5) is 0 Å². The molecule has 0 N–H and O–H groups in total. The second-order valence-electron chi connectivity index (χ2n) is 3.00. The number of hydrogen-bond acceptors (Lipinski definition) is 0. The molecule has 0 bridgehead atoms. The summed E-state index contributed by atoms with van der Waals surface area (Å²) in [5, 5.41) is 0. The van der Waals surface area contributed by atoms with Gasteiger partial charge in [-0.15, -0.1) is 0 Å². The first kappa shape index (κ1) is 8.19. The molecule has 0 radical (unpaired) electrons. The Morgan fingerprint density at radius 3 is 2.18 bits per heavy atom. The minimum absolute atomic E-state index is 1.14. The van der Waals surface area contributed by atoms with Gasteiger partial charge in [0.1, 0.15) is 5.56 Å². The third kappa shape index (κ3) is 2.01. The van der Waals surface area contributed by atoms with E-state index >= 15 is 0 Å². The predicted octanol–water partition coefficient (Wildman–Crippen LogP) is 3.35. The minimum Gasteiger partial charge on any atom is -0.0498 e. The molecule has 0 amide bonds. The summed E-state index contributed by atoms with van der Waals surface area (Å²) < 4.78 is 0. The van der Waals surface area contributed by atoms with Gasteiger partial charge in [0, 0.05) is 31.4 Å². The first-order valence-corrected chi connectivity index (χ1v) is 4.13. The fourth-order valence-corrected chi connectivity index (χ4v) is 1.04. The Morgan fingerprint density at radius 2 is 1.73 bits per heavy atom. The number of aryl methyl sites for hydroxylation is 1. The zero-order valence-corrected chi connectivity index (χ0v) is 7.52. The van der Waals surface area contributed by atoms with Crippen LogP contribution < -0.4 is 0 Å². The molecule has 0 aromatic heterocycles. The van der Waals surface area contributed by atoms with Crippen molar-refractivity contribution in [3.63, 3.8) is 0 Å². The van der Waals surface area contributed by atoms with E-state index in [1.807, 2.05) is 0 Å². The molecule has 1 rings (SSSR count). The molecule has 1 aromatic carbocycles. The Hall–Kier alpha value is -0.910. The standard InChI is InChI=1S/C11H15/c1-4-10(3)11-7-5-9(2)6-8-11/h5-8H,4H2,1-3H3/q+1. The molecule has 0 atom stereocenters. The summed E-state index contributed by atoms with van der Waals surface area (Å²) in [7, 11) is 0. The molecule has 0 spiro atoms. The quantitative estimate of drug-likeness (QED) is 0.563. The normalized spacial score (nSPS) is 9.73. The van der Waals surface area contributed by atoms with E-state index in [0.717, 1.165) is 6.42 Å². The number of benzene rings is 1. The van der Waals surface area contributed by atoms with Crippen LogP contribution in [-0.4, -0.2) is 0 Å². The largest absolute Gasteiger partial charge is 0.132 e. The molecule has 11 heavy (non-hydrogen) atoms. The van der Waals surface area contributed by atoms with Gasteiger partial charge >= 0.3 is 0 Å². The molecular formula is C11H15+. The molecule has 0 heteroatoms. The molecule has 0 aliphatic rings. The van der Waals surface area contributed by atoms with Crippen molar-refractivity contribution in [3.05, 3.63) is 41.3 Å². The Labute approximate surface area is 69.3 Å². The van der Waals surface area contributed by atoms with Crippen LogP contribution in [0.3, 0.4) is 0 Å². The van der Waals surface area contributed by atoms with Crippen LogP contribution in [0.1, 0.15) is 31.4 Å². The van der Waals surface area contributed by atoms with Crippen LogP contribution >= 0.6 is 0 Å². The lowest BCUT2D eigenvalue weighted by atomic mass is 9.98. The highest BCUT2D eigenvalue weighted by atomic mass is 14.0. The summed E-state index contributed by atoms with van der Waals surface area (Å²) in [6.45, 7) is 6.49. The van der Waals surface area contributed by atoms with E-state index in [1.54, 1.807) is 0 Å². The second-order valence-corrected chi connectivity index (χ2v) is 3.00. The first-order valence-electron chi connectivity index (χ1n) is 4.13. The summed E-state index contributed by atoms with van der Waals surface area (Å²) in [6.07, 6.45) is 1.14. The van der Waals surface area contributed by atoms with E-state index in [4.69, 9.17) is 0 Å². The Kier molecular flexibility index (Phi) is 2.58. The van der Waals surface area contributed by atoms with Gasteiger partial charge in [-0.05, 0) is 31.5 Å². The van der Waals surface area contributed by atoms with Crippen LogP contribution in [0.25, 0.3) is 0 Å². The van der Waals surface area contributed by atoms with Crippen LogP contribution in [0.5, 0.6) is 0 Å². The van der Waals surface area contributed by atoms with Gasteiger partial charge in [-0.3, -0.25) is 0 Å². The predicted molar refractivity (Wildman–Crippen MR) is 49.5 cm³/mol. The van der Waals surface area contributed by atoms with Crippen LogP contribution in [0, 0.1) is 12.8 Å². The van der Waals surface area contributed by atoms with E-state index in [-0.39, 0.29) is 0 Å². The Morgan fingerprint density at radius 1 is 1.18 bits per heavy atom. The zero-order valence-electron chi connectivity index (χ0n) is 7.52. The van der Waals surface area contributed by atoms with E-state index in [1.165, 1.54) is 17.0 Å². The molecule has 0 nitrogen and oxygen atoms in total. The van der Waals surface area contributed by atoms with Gasteiger partial charge in [0.05, 0.1) is 0 Å². The van der Waals surface area contributed by atoms with Crippen molar-refractivity contribution in [1.29, 1.82) is 0 Å². The summed E-state index contributed by atoms with van der Waals surface area (Å²) >= 11 is 0. The Balaban J connectivity index is 2.81. The van der Waals surface area contributed by atoms with Gasteiger partial charge in [-0.2, -0.15) is 0 Å². The van der Waals surface area contributed by atoms with Gasteiger partial charge in [0.2, 0.25) is 0 Å². The topological polar surface area (TPSA) is 0 Å². The van der Waals surface area contributed by atoms with Crippen molar-refractivity contribution >= 4 is 0 Å². The molecule has 58 valence electrons. The van der Waals surface area contributed by atoms with Crippen LogP contribution in [-0.2, 0) is 0 Å². The minimum atomic E-state index is 1.14. The maximum Gasteiger partial charge on any atom is 0.132 e. The summed E-state index contributed by atoms with van der Waals surface area (Å²) in [6, 6.07) is 8.70. The van der Waals surface area contributed by atoms with Crippen molar-refractivity contribution in [2.75, 3.05) is 0 Å². The molecule has 0 unspecified atom stereocenters. The molecule has 0 heterocycles. The molecule has 0 fully saturated rings. The van der Waals surface area contributed by atoms with Crippen molar-refractivity contribution in [2.24, 2.45) is 0 Å². The molecule has 0 saturated heterocycles. The molecule has 0 aliphatic carbocycles. The lowest BCUT2D eigenvalue weighted by Crippen LogP contribution is -1.91. The third-order valence-corrected chi connectivity index (χ3v) is 2.07. The number of rotatable bonds is 2. The van der Waals surface area contributed by atoms with Crippen molar-refractivity contribution in [1.82, 2.24) is 0 Å². The lowest BCUT2D eigenvalue weighted by molar-refractivity contribution is 0.957. The highest BCUT2D eigenvalue weighted by Gasteiger charge is 2.09. The summed E-state index contributed by atoms with van der Waals surface area (Å²) in [4.78, 5) is 0. The second kappa shape index (κ2) is 3.47. The van der Waals surface area contributed by atoms with Gasteiger partial charge in [-0.25, -0.2) is 0 Å². The highest BCUT2D eigenvalue weighted by Crippen LogP contribution is 2.17. The van der Waals surface area contributed by atoms with E-state index < -0.39 is 0 Å².